The van der Waals surface area contributed by atoms with Gasteiger partial charge in [-0.2, -0.15) is 0 Å². The number of anilines is 3. The fraction of sp³-hybridized carbons (Fsp3) is 0.267. The Bertz CT molecular complexity index is 629. The zero-order valence-electron chi connectivity index (χ0n) is 11.4. The first kappa shape index (κ1) is 13.2. The number of rotatable bonds is 2. The van der Waals surface area contributed by atoms with Gasteiger partial charge in [-0.25, -0.2) is 4.98 Å². The van der Waals surface area contributed by atoms with Gasteiger partial charge < -0.3 is 15.5 Å². The first-order chi connectivity index (χ1) is 9.70. The van der Waals surface area contributed by atoms with E-state index in [1.54, 1.807) is 6.20 Å². The van der Waals surface area contributed by atoms with Crippen molar-refractivity contribution < 1.29 is 0 Å². The van der Waals surface area contributed by atoms with Crippen LogP contribution in [0.3, 0.4) is 0 Å². The summed E-state index contributed by atoms with van der Waals surface area (Å²) in [5, 5.41) is 0.624. The molecule has 1 aromatic heterocycles. The predicted molar refractivity (Wildman–Crippen MR) is 83.9 cm³/mol. The number of halogens is 1. The average molecular weight is 289 g/mol. The second kappa shape index (κ2) is 5.31. The average Bonchev–Trinajstić information content (AvgIpc) is 2.49. The van der Waals surface area contributed by atoms with Crippen LogP contribution < -0.4 is 15.5 Å². The molecule has 0 bridgehead atoms. The van der Waals surface area contributed by atoms with E-state index in [1.165, 1.54) is 11.4 Å². The lowest BCUT2D eigenvalue weighted by molar-refractivity contribution is 0.812. The molecule has 5 heteroatoms. The summed E-state index contributed by atoms with van der Waals surface area (Å²) in [6, 6.07) is 10.3. The van der Waals surface area contributed by atoms with Gasteiger partial charge in [-0.05, 0) is 23.8 Å². The lowest BCUT2D eigenvalue weighted by Crippen LogP contribution is -2.36. The third kappa shape index (κ3) is 2.21. The molecule has 0 aliphatic carbocycles. The molecule has 1 aliphatic rings. The molecule has 104 valence electrons. The number of fused-ring (bicyclic) bond motifs is 1. The van der Waals surface area contributed by atoms with Crippen molar-refractivity contribution >= 4 is 28.8 Å². The number of hydrogen-bond acceptors (Lipinski definition) is 4. The lowest BCUT2D eigenvalue weighted by atomic mass is 10.1. The summed E-state index contributed by atoms with van der Waals surface area (Å²) < 4.78 is 0. The molecule has 0 saturated heterocycles. The van der Waals surface area contributed by atoms with E-state index in [-0.39, 0.29) is 0 Å². The molecule has 0 radical (unpaired) electrons. The molecule has 0 spiro atoms. The zero-order valence-corrected chi connectivity index (χ0v) is 12.1. The van der Waals surface area contributed by atoms with E-state index < -0.39 is 0 Å². The highest BCUT2D eigenvalue weighted by Crippen LogP contribution is 2.36. The van der Waals surface area contributed by atoms with E-state index in [9.17, 15) is 0 Å². The highest BCUT2D eigenvalue weighted by atomic mass is 35.5. The topological polar surface area (TPSA) is 45.4 Å². The van der Waals surface area contributed by atoms with Gasteiger partial charge in [0.25, 0.3) is 0 Å². The van der Waals surface area contributed by atoms with Gasteiger partial charge in [0.1, 0.15) is 5.82 Å². The minimum atomic E-state index is 0.420. The monoisotopic (exact) mass is 288 g/mol. The van der Waals surface area contributed by atoms with Crippen LogP contribution in [0.15, 0.2) is 36.5 Å². The van der Waals surface area contributed by atoms with Gasteiger partial charge in [0, 0.05) is 32.9 Å². The lowest BCUT2D eigenvalue weighted by Gasteiger charge is -2.36. The van der Waals surface area contributed by atoms with E-state index in [0.29, 0.717) is 11.6 Å². The van der Waals surface area contributed by atoms with Gasteiger partial charge >= 0.3 is 0 Å². The molecule has 2 aromatic rings. The van der Waals surface area contributed by atoms with Gasteiger partial charge in [0.15, 0.2) is 0 Å². The Balaban J connectivity index is 2.05. The molecule has 0 saturated carbocycles. The van der Waals surface area contributed by atoms with Gasteiger partial charge in [0.2, 0.25) is 0 Å². The number of hydrogen-bond donors (Lipinski definition) is 1. The number of nitrogens with two attached hydrogens (primary N) is 1. The first-order valence-corrected chi connectivity index (χ1v) is 7.00. The summed E-state index contributed by atoms with van der Waals surface area (Å²) in [6.07, 6.45) is 1.68. The van der Waals surface area contributed by atoms with Gasteiger partial charge in [0.05, 0.1) is 16.4 Å². The first-order valence-electron chi connectivity index (χ1n) is 6.63. The molecule has 1 aliphatic heterocycles. The van der Waals surface area contributed by atoms with Crippen molar-refractivity contribution in [1.29, 1.82) is 0 Å². The maximum Gasteiger partial charge on any atom is 0.133 e. The molecular weight excluding hydrogens is 272 g/mol. The number of likely N-dealkylation sites (N-methyl/N-ethyl adjacent to an activating group) is 1. The molecule has 1 aromatic carbocycles. The molecule has 0 atom stereocenters. The minimum Gasteiger partial charge on any atom is -0.371 e. The Morgan fingerprint density at radius 1 is 1.25 bits per heavy atom. The number of para-hydroxylation sites is 2. The van der Waals surface area contributed by atoms with Gasteiger partial charge in [-0.1, -0.05) is 23.7 Å². The molecule has 2 N–H and O–H groups in total. The Kier molecular flexibility index (Phi) is 3.51. The van der Waals surface area contributed by atoms with Crippen LogP contribution in [-0.4, -0.2) is 25.1 Å². The summed E-state index contributed by atoms with van der Waals surface area (Å²) in [7, 11) is 2.11. The van der Waals surface area contributed by atoms with E-state index in [0.717, 1.165) is 24.5 Å². The van der Waals surface area contributed by atoms with Crippen LogP contribution >= 0.6 is 11.6 Å². The van der Waals surface area contributed by atoms with E-state index >= 15 is 0 Å². The highest BCUT2D eigenvalue weighted by molar-refractivity contribution is 6.31. The molecule has 2 heterocycles. The molecule has 0 fully saturated rings. The standard InChI is InChI=1S/C15H17ClN4/c1-19-6-7-20(14-5-3-2-4-13(14)19)15-8-11(9-17)12(16)10-18-15/h2-5,8,10H,6-7,9,17H2,1H3. The number of benzene rings is 1. The van der Waals surface area contributed by atoms with Crippen LogP contribution in [0, 0.1) is 0 Å². The number of nitrogens with zero attached hydrogens (tertiary/aromatic N) is 3. The van der Waals surface area contributed by atoms with Crippen LogP contribution in [0.1, 0.15) is 5.56 Å². The Labute approximate surface area is 123 Å². The van der Waals surface area contributed by atoms with E-state index in [2.05, 4.69) is 40.0 Å². The van der Waals surface area contributed by atoms with Gasteiger partial charge in [-0.15, -0.1) is 0 Å². The normalized spacial score (nSPS) is 14.3. The Morgan fingerprint density at radius 3 is 2.75 bits per heavy atom. The van der Waals surface area contributed by atoms with Crippen molar-refractivity contribution in [2.45, 2.75) is 6.54 Å². The quantitative estimate of drug-likeness (QED) is 0.923. The van der Waals surface area contributed by atoms with Crippen molar-refractivity contribution in [1.82, 2.24) is 4.98 Å². The second-order valence-corrected chi connectivity index (χ2v) is 5.31. The van der Waals surface area contributed by atoms with Gasteiger partial charge in [-0.3, -0.25) is 0 Å². The van der Waals surface area contributed by atoms with Crippen LogP contribution in [0.2, 0.25) is 5.02 Å². The second-order valence-electron chi connectivity index (χ2n) is 4.90. The van der Waals surface area contributed by atoms with E-state index in [4.69, 9.17) is 17.3 Å². The van der Waals surface area contributed by atoms with Crippen molar-refractivity contribution in [2.75, 3.05) is 29.9 Å². The van der Waals surface area contributed by atoms with Crippen molar-refractivity contribution in [2.24, 2.45) is 5.73 Å². The zero-order chi connectivity index (χ0) is 14.1. The smallest absolute Gasteiger partial charge is 0.133 e. The summed E-state index contributed by atoms with van der Waals surface area (Å²) in [6.45, 7) is 2.27. The third-order valence-corrected chi connectivity index (χ3v) is 4.00. The largest absolute Gasteiger partial charge is 0.371 e. The molecule has 0 amide bonds. The van der Waals surface area contributed by atoms with Crippen molar-refractivity contribution in [3.63, 3.8) is 0 Å². The summed E-state index contributed by atoms with van der Waals surface area (Å²) in [5.41, 5.74) is 9.03. The summed E-state index contributed by atoms with van der Waals surface area (Å²) in [5.74, 6) is 0.899. The minimum absolute atomic E-state index is 0.420. The third-order valence-electron chi connectivity index (χ3n) is 3.66. The number of aromatic nitrogens is 1. The highest BCUT2D eigenvalue weighted by Gasteiger charge is 2.22. The Hall–Kier alpha value is -1.78. The fourth-order valence-corrected chi connectivity index (χ4v) is 2.70. The fourth-order valence-electron chi connectivity index (χ4n) is 2.52. The molecule has 4 nitrogen and oxygen atoms in total. The maximum absolute atomic E-state index is 6.09. The van der Waals surface area contributed by atoms with Crippen molar-refractivity contribution in [3.05, 3.63) is 47.1 Å². The molecule has 3 rings (SSSR count). The molecule has 20 heavy (non-hydrogen) atoms. The SMILES string of the molecule is CN1CCN(c2cc(CN)c(Cl)cn2)c2ccccc21. The molecular formula is C15H17ClN4. The number of pyridine rings is 1. The van der Waals surface area contributed by atoms with Crippen LogP contribution in [0.25, 0.3) is 0 Å². The summed E-state index contributed by atoms with van der Waals surface area (Å²) in [4.78, 5) is 8.92. The van der Waals surface area contributed by atoms with Crippen LogP contribution in [-0.2, 0) is 6.54 Å². The molecule has 0 unspecified atom stereocenters. The van der Waals surface area contributed by atoms with Crippen molar-refractivity contribution in [3.8, 4) is 0 Å². The maximum atomic E-state index is 6.09. The van der Waals surface area contributed by atoms with Crippen LogP contribution in [0.4, 0.5) is 17.2 Å². The summed E-state index contributed by atoms with van der Waals surface area (Å²) >= 11 is 6.09. The van der Waals surface area contributed by atoms with Crippen LogP contribution in [0.5, 0.6) is 0 Å². The predicted octanol–water partition coefficient (Wildman–Crippen LogP) is 2.78. The Morgan fingerprint density at radius 2 is 2.00 bits per heavy atom. The van der Waals surface area contributed by atoms with E-state index in [1.807, 2.05) is 12.1 Å².